The number of nitrogens with two attached hydrogens (primary N) is 1. The van der Waals surface area contributed by atoms with Gasteiger partial charge in [-0.05, 0) is 12.1 Å². The van der Waals surface area contributed by atoms with Gasteiger partial charge in [0.05, 0.1) is 18.6 Å². The minimum absolute atomic E-state index is 0.124. The van der Waals surface area contributed by atoms with Crippen LogP contribution in [0.2, 0.25) is 0 Å². The molecule has 0 saturated carbocycles. The number of phosphoric acid groups is 2. The van der Waals surface area contributed by atoms with Gasteiger partial charge in [0.25, 0.3) is 5.56 Å². The second-order valence-electron chi connectivity index (χ2n) is 7.83. The first-order valence-electron chi connectivity index (χ1n) is 10.4. The average molecular weight is 616 g/mol. The van der Waals surface area contributed by atoms with Crippen molar-refractivity contribution in [1.29, 1.82) is 0 Å². The number of halogens is 1. The van der Waals surface area contributed by atoms with Crippen LogP contribution in [0.1, 0.15) is 6.23 Å². The minimum Gasteiger partial charge on any atom is -0.387 e. The Morgan fingerprint density at radius 3 is 2.51 bits per heavy atom. The third-order valence-corrected chi connectivity index (χ3v) is 9.38. The normalized spacial score (nSPS) is 26.1. The fraction of sp³-hybridized carbons (Fsp3) is 0.312. The van der Waals surface area contributed by atoms with E-state index < -0.39 is 71.6 Å². The summed E-state index contributed by atoms with van der Waals surface area (Å²) < 4.78 is 69.0. The molecule has 1 fully saturated rings. The van der Waals surface area contributed by atoms with Gasteiger partial charge < -0.3 is 35.4 Å². The number of nitrogen functional groups attached to an aromatic ring is 1. The molecular weight excluding hydrogens is 596 g/mol. The zero-order valence-electron chi connectivity index (χ0n) is 19.0. The van der Waals surface area contributed by atoms with E-state index in [1.165, 1.54) is 12.1 Å². The predicted molar refractivity (Wildman–Crippen MR) is 126 cm³/mol. The number of aliphatic hydroxyl groups excluding tert-OH is 2. The van der Waals surface area contributed by atoms with Gasteiger partial charge >= 0.3 is 23.4 Å². The predicted octanol–water partition coefficient (Wildman–Crippen LogP) is -0.0768. The fourth-order valence-corrected chi connectivity index (χ4v) is 7.15. The summed E-state index contributed by atoms with van der Waals surface area (Å²) in [7, 11) is -16.7. The summed E-state index contributed by atoms with van der Waals surface area (Å²) in [5, 5.41) is 22.3. The fourth-order valence-electron chi connectivity index (χ4n) is 3.43. The molecule has 1 aliphatic heterocycles. The second kappa shape index (κ2) is 10.8. The zero-order valence-corrected chi connectivity index (χ0v) is 21.7. The molecule has 214 valence electrons. The van der Waals surface area contributed by atoms with E-state index in [1.807, 2.05) is 0 Å². The van der Waals surface area contributed by atoms with Crippen molar-refractivity contribution < 1.29 is 60.9 Å². The number of nitrogens with zero attached hydrogens (tertiary/aromatic N) is 3. The van der Waals surface area contributed by atoms with Gasteiger partial charge in [0.1, 0.15) is 24.1 Å². The molecule has 0 amide bonds. The van der Waals surface area contributed by atoms with Crippen molar-refractivity contribution in [2.45, 2.75) is 24.5 Å². The number of benzene rings is 1. The van der Waals surface area contributed by atoms with E-state index in [2.05, 4.69) is 28.1 Å². The maximum absolute atomic E-state index is 13.7. The molecule has 0 aliphatic carbocycles. The first kappa shape index (κ1) is 29.4. The molecule has 23 heteroatoms. The maximum Gasteiger partial charge on any atom is 0.489 e. The molecule has 0 radical (unpaired) electrons. The monoisotopic (exact) mass is 616 g/mol. The van der Waals surface area contributed by atoms with Gasteiger partial charge in [0.15, 0.2) is 17.4 Å². The first-order valence-corrected chi connectivity index (χ1v) is 15.0. The lowest BCUT2D eigenvalue weighted by Gasteiger charge is -2.21. The summed E-state index contributed by atoms with van der Waals surface area (Å²) in [6.07, 6.45) is -5.43. The number of H-pyrrole nitrogens is 1. The largest absolute Gasteiger partial charge is 0.489 e. The van der Waals surface area contributed by atoms with Gasteiger partial charge in [-0.15, -0.1) is 0 Å². The lowest BCUT2D eigenvalue weighted by molar-refractivity contribution is -0.0503. The first-order chi connectivity index (χ1) is 18.1. The van der Waals surface area contributed by atoms with Crippen molar-refractivity contribution in [2.75, 3.05) is 17.4 Å². The topological polar surface area (TPSA) is 291 Å². The summed E-state index contributed by atoms with van der Waals surface area (Å²) in [5.74, 6) is -1.31. The number of para-hydroxylation sites is 1. The van der Waals surface area contributed by atoms with E-state index in [4.69, 9.17) is 10.5 Å². The highest BCUT2D eigenvalue weighted by Crippen LogP contribution is 2.67. The summed E-state index contributed by atoms with van der Waals surface area (Å²) in [6.45, 7) is -1.03. The molecule has 9 N–H and O–H groups in total. The van der Waals surface area contributed by atoms with Crippen LogP contribution in [-0.2, 0) is 31.6 Å². The van der Waals surface area contributed by atoms with Gasteiger partial charge in [-0.25, -0.2) is 23.1 Å². The van der Waals surface area contributed by atoms with Crippen molar-refractivity contribution in [3.8, 4) is 0 Å². The number of anilines is 2. The Morgan fingerprint density at radius 1 is 1.13 bits per heavy atom. The Hall–Kier alpha value is -2.57. The summed E-state index contributed by atoms with van der Waals surface area (Å²) >= 11 is 0. The molecule has 3 unspecified atom stereocenters. The number of hydrogen-bond acceptors (Lipinski definition) is 13. The third-order valence-electron chi connectivity index (χ3n) is 5.02. The zero-order chi connectivity index (χ0) is 28.8. The van der Waals surface area contributed by atoms with Crippen LogP contribution in [0, 0.1) is 5.82 Å². The quantitative estimate of drug-likeness (QED) is 0.138. The lowest BCUT2D eigenvalue weighted by Crippen LogP contribution is -2.33. The second-order valence-corrected chi connectivity index (χ2v) is 12.5. The number of aromatic amines is 1. The number of phosphoric ester groups is 1. The molecule has 1 aliphatic rings. The standard InChI is InChI=1S/C16H20FN6O13P3/c17-7-3-1-2-4-8(7)22-37(27,28)35-39(31,32)36-38(29,30)33-5-9-11(24)12(25)15(34-9)23-6-19-10-13(23)20-16(18)21-14(10)26/h1-4,6,9,11-12,15,24-25H,5H2,(H,29,30)(H,31,32)(H2,22,27,28)(H3,18,20,21,26)/t9-,11-,12-,15-/m1/s1. The average Bonchev–Trinajstić information content (AvgIpc) is 3.33. The molecule has 1 saturated heterocycles. The molecular formula is C16H20FN6O13P3. The van der Waals surface area contributed by atoms with E-state index in [0.29, 0.717) is 0 Å². The van der Waals surface area contributed by atoms with Gasteiger partial charge in [-0.2, -0.15) is 13.6 Å². The number of aromatic nitrogens is 4. The SMILES string of the molecule is Nc1nc2c(ncn2[C@@H]2O[C@H](COP(=O)(O)OP(=O)(O)OP(=O)(O)Nc3ccccc3F)[C@@H](O)[C@H]2O)c(=O)[nH]1. The van der Waals surface area contributed by atoms with Crippen molar-refractivity contribution in [3.63, 3.8) is 0 Å². The summed E-state index contributed by atoms with van der Waals surface area (Å²) in [6, 6.07) is 4.41. The molecule has 1 aromatic carbocycles. The molecule has 2 aromatic heterocycles. The number of rotatable bonds is 10. The van der Waals surface area contributed by atoms with E-state index in [1.54, 1.807) is 5.09 Å². The van der Waals surface area contributed by atoms with Gasteiger partial charge in [-0.1, -0.05) is 12.1 Å². The number of fused-ring (bicyclic) bond motifs is 1. The summed E-state index contributed by atoms with van der Waals surface area (Å²) in [4.78, 5) is 51.1. The highest BCUT2D eigenvalue weighted by molar-refractivity contribution is 7.68. The highest BCUT2D eigenvalue weighted by Gasteiger charge is 2.47. The van der Waals surface area contributed by atoms with Crippen LogP contribution in [0.4, 0.5) is 16.0 Å². The van der Waals surface area contributed by atoms with Crippen LogP contribution in [0.5, 0.6) is 0 Å². The molecule has 19 nitrogen and oxygen atoms in total. The van der Waals surface area contributed by atoms with E-state index in [0.717, 1.165) is 23.0 Å². The molecule has 7 atom stereocenters. The molecule has 3 heterocycles. The summed E-state index contributed by atoms with van der Waals surface area (Å²) in [5.41, 5.74) is 3.91. The lowest BCUT2D eigenvalue weighted by atomic mass is 10.1. The third kappa shape index (κ3) is 6.78. The minimum atomic E-state index is -5.82. The van der Waals surface area contributed by atoms with Crippen LogP contribution in [0.25, 0.3) is 11.2 Å². The van der Waals surface area contributed by atoms with Gasteiger partial charge in [-0.3, -0.25) is 24.0 Å². The van der Waals surface area contributed by atoms with Gasteiger partial charge in [0.2, 0.25) is 5.95 Å². The van der Waals surface area contributed by atoms with Crippen molar-refractivity contribution in [2.24, 2.45) is 0 Å². The number of aliphatic hydroxyl groups is 2. The van der Waals surface area contributed by atoms with Crippen LogP contribution in [-0.4, -0.2) is 69.3 Å². The maximum atomic E-state index is 13.7. The molecule has 0 spiro atoms. The van der Waals surface area contributed by atoms with Crippen LogP contribution in [0.15, 0.2) is 35.4 Å². The Balaban J connectivity index is 1.40. The Bertz CT molecular complexity index is 1580. The van der Waals surface area contributed by atoms with Crippen LogP contribution < -0.4 is 16.4 Å². The van der Waals surface area contributed by atoms with Gasteiger partial charge in [0, 0.05) is 0 Å². The van der Waals surface area contributed by atoms with Crippen molar-refractivity contribution in [1.82, 2.24) is 19.5 Å². The molecule has 4 rings (SSSR count). The van der Waals surface area contributed by atoms with Crippen LogP contribution >= 0.6 is 23.4 Å². The Morgan fingerprint density at radius 2 is 1.82 bits per heavy atom. The molecule has 3 aromatic rings. The van der Waals surface area contributed by atoms with Crippen LogP contribution in [0.3, 0.4) is 0 Å². The van der Waals surface area contributed by atoms with Crippen molar-refractivity contribution >= 4 is 46.2 Å². The highest BCUT2D eigenvalue weighted by atomic mass is 31.3. The van der Waals surface area contributed by atoms with E-state index in [-0.39, 0.29) is 17.1 Å². The Kier molecular flexibility index (Phi) is 8.13. The number of hydrogen-bond donors (Lipinski definition) is 8. The molecule has 39 heavy (non-hydrogen) atoms. The molecule has 0 bridgehead atoms. The number of ether oxygens (including phenoxy) is 1. The number of imidazole rings is 1. The smallest absolute Gasteiger partial charge is 0.387 e. The Labute approximate surface area is 215 Å². The van der Waals surface area contributed by atoms with E-state index >= 15 is 0 Å². The van der Waals surface area contributed by atoms with Crippen molar-refractivity contribution in [3.05, 3.63) is 46.8 Å². The number of nitrogens with one attached hydrogen (secondary N) is 2. The van der Waals surface area contributed by atoms with E-state index in [9.17, 15) is 47.8 Å².